The van der Waals surface area contributed by atoms with Crippen LogP contribution in [0.3, 0.4) is 0 Å². The van der Waals surface area contributed by atoms with Gasteiger partial charge in [-0.25, -0.2) is 0 Å². The Hall–Kier alpha value is -1.77. The van der Waals surface area contributed by atoms with Crippen molar-refractivity contribution in [1.82, 2.24) is 10.3 Å². The second kappa shape index (κ2) is 4.84. The van der Waals surface area contributed by atoms with E-state index >= 15 is 0 Å². The molecule has 18 heavy (non-hydrogen) atoms. The second-order valence-electron chi connectivity index (χ2n) is 5.26. The molecular weight excluding hydrogens is 224 g/mol. The Labute approximate surface area is 108 Å². The predicted molar refractivity (Wildman–Crippen MR) is 74.6 cm³/mol. The summed E-state index contributed by atoms with van der Waals surface area (Å²) in [7, 11) is 0. The number of carbonyl (C=O) groups excluding carboxylic acids is 1. The minimum absolute atomic E-state index is 0.0789. The summed E-state index contributed by atoms with van der Waals surface area (Å²) in [5, 5.41) is 4.20. The Morgan fingerprint density at radius 1 is 1.33 bits per heavy atom. The van der Waals surface area contributed by atoms with Crippen molar-refractivity contribution >= 4 is 16.8 Å². The largest absolute Gasteiger partial charge is 0.361 e. The molecule has 0 aliphatic heterocycles. The van der Waals surface area contributed by atoms with E-state index in [0.717, 1.165) is 5.52 Å². The molecule has 3 nitrogen and oxygen atoms in total. The van der Waals surface area contributed by atoms with Gasteiger partial charge in [-0.2, -0.15) is 0 Å². The number of H-pyrrole nitrogens is 1. The summed E-state index contributed by atoms with van der Waals surface area (Å²) in [5.74, 6) is 0.0999. The highest BCUT2D eigenvalue weighted by molar-refractivity contribution is 5.84. The van der Waals surface area contributed by atoms with Crippen molar-refractivity contribution in [2.75, 3.05) is 6.54 Å². The summed E-state index contributed by atoms with van der Waals surface area (Å²) in [5.41, 5.74) is 2.31. The maximum Gasteiger partial charge on any atom is 0.219 e. The van der Waals surface area contributed by atoms with Crippen LogP contribution in [0.15, 0.2) is 30.5 Å². The fourth-order valence-corrected chi connectivity index (χ4v) is 2.17. The van der Waals surface area contributed by atoms with Gasteiger partial charge in [-0.15, -0.1) is 0 Å². The van der Waals surface area contributed by atoms with E-state index in [0.29, 0.717) is 13.0 Å². The van der Waals surface area contributed by atoms with Crippen LogP contribution in [0.25, 0.3) is 10.9 Å². The SMILES string of the molecule is CCC(=O)NCC(C)(C)c1c[nH]c2ccccc12. The Bertz CT molecular complexity index is 554. The molecule has 3 heteroatoms. The van der Waals surface area contributed by atoms with Crippen LogP contribution in [0.4, 0.5) is 0 Å². The topological polar surface area (TPSA) is 44.9 Å². The fourth-order valence-electron chi connectivity index (χ4n) is 2.17. The summed E-state index contributed by atoms with van der Waals surface area (Å²) in [6.07, 6.45) is 2.58. The van der Waals surface area contributed by atoms with Gasteiger partial charge in [0, 0.05) is 35.5 Å². The molecule has 0 bridgehead atoms. The highest BCUT2D eigenvalue weighted by Gasteiger charge is 2.24. The van der Waals surface area contributed by atoms with Crippen molar-refractivity contribution in [2.45, 2.75) is 32.6 Å². The number of nitrogens with one attached hydrogen (secondary N) is 2. The molecule has 1 aromatic heterocycles. The van der Waals surface area contributed by atoms with E-state index < -0.39 is 0 Å². The maximum absolute atomic E-state index is 11.4. The van der Waals surface area contributed by atoms with Gasteiger partial charge < -0.3 is 10.3 Å². The number of aromatic nitrogens is 1. The smallest absolute Gasteiger partial charge is 0.219 e. The van der Waals surface area contributed by atoms with E-state index in [2.05, 4.69) is 36.3 Å². The van der Waals surface area contributed by atoms with Crippen LogP contribution in [-0.2, 0) is 10.2 Å². The summed E-state index contributed by atoms with van der Waals surface area (Å²) in [6.45, 7) is 6.83. The van der Waals surface area contributed by atoms with E-state index in [1.807, 2.05) is 25.3 Å². The lowest BCUT2D eigenvalue weighted by molar-refractivity contribution is -0.121. The lowest BCUT2D eigenvalue weighted by Gasteiger charge is -2.24. The molecule has 1 amide bonds. The number of para-hydroxylation sites is 1. The number of hydrogen-bond acceptors (Lipinski definition) is 1. The van der Waals surface area contributed by atoms with Gasteiger partial charge in [0.05, 0.1) is 0 Å². The average Bonchev–Trinajstić information content (AvgIpc) is 2.80. The fraction of sp³-hybridized carbons (Fsp3) is 0.400. The van der Waals surface area contributed by atoms with Crippen molar-refractivity contribution in [2.24, 2.45) is 0 Å². The molecule has 2 N–H and O–H groups in total. The summed E-state index contributed by atoms with van der Waals surface area (Å²) in [6, 6.07) is 8.25. The zero-order valence-corrected chi connectivity index (χ0v) is 11.2. The lowest BCUT2D eigenvalue weighted by atomic mass is 9.84. The third-order valence-corrected chi connectivity index (χ3v) is 3.37. The van der Waals surface area contributed by atoms with Crippen molar-refractivity contribution in [3.63, 3.8) is 0 Å². The molecular formula is C15H20N2O. The molecule has 0 fully saturated rings. The van der Waals surface area contributed by atoms with Gasteiger partial charge >= 0.3 is 0 Å². The van der Waals surface area contributed by atoms with Crippen LogP contribution in [0.5, 0.6) is 0 Å². The maximum atomic E-state index is 11.4. The van der Waals surface area contributed by atoms with Crippen molar-refractivity contribution in [3.05, 3.63) is 36.0 Å². The van der Waals surface area contributed by atoms with Crippen LogP contribution in [0, 0.1) is 0 Å². The molecule has 1 heterocycles. The van der Waals surface area contributed by atoms with Gasteiger partial charge in [0.2, 0.25) is 5.91 Å². The molecule has 0 aliphatic rings. The first-order chi connectivity index (χ1) is 8.54. The van der Waals surface area contributed by atoms with E-state index in [9.17, 15) is 4.79 Å². The minimum Gasteiger partial charge on any atom is -0.361 e. The van der Waals surface area contributed by atoms with Crippen molar-refractivity contribution in [1.29, 1.82) is 0 Å². The third kappa shape index (κ3) is 2.40. The van der Waals surface area contributed by atoms with Gasteiger partial charge in [0.25, 0.3) is 0 Å². The highest BCUT2D eigenvalue weighted by atomic mass is 16.1. The molecule has 0 atom stereocenters. The summed E-state index contributed by atoms with van der Waals surface area (Å²) >= 11 is 0. The number of fused-ring (bicyclic) bond motifs is 1. The number of rotatable bonds is 4. The van der Waals surface area contributed by atoms with Gasteiger partial charge in [0.15, 0.2) is 0 Å². The number of benzene rings is 1. The van der Waals surface area contributed by atoms with Crippen molar-refractivity contribution in [3.8, 4) is 0 Å². The van der Waals surface area contributed by atoms with Crippen LogP contribution in [0.2, 0.25) is 0 Å². The minimum atomic E-state index is -0.0789. The van der Waals surface area contributed by atoms with E-state index in [-0.39, 0.29) is 11.3 Å². The summed E-state index contributed by atoms with van der Waals surface area (Å²) < 4.78 is 0. The highest BCUT2D eigenvalue weighted by Crippen LogP contribution is 2.29. The van der Waals surface area contributed by atoms with Gasteiger partial charge in [0.1, 0.15) is 0 Å². The van der Waals surface area contributed by atoms with Crippen LogP contribution in [0.1, 0.15) is 32.8 Å². The standard InChI is InChI=1S/C15H20N2O/c1-4-14(18)17-10-15(2,3)12-9-16-13-8-6-5-7-11(12)13/h5-9,16H,4,10H2,1-3H3,(H,17,18). The molecule has 0 unspecified atom stereocenters. The number of hydrogen-bond donors (Lipinski definition) is 2. The zero-order chi connectivity index (χ0) is 13.2. The Morgan fingerprint density at radius 2 is 2.06 bits per heavy atom. The molecule has 0 spiro atoms. The first kappa shape index (κ1) is 12.7. The first-order valence-electron chi connectivity index (χ1n) is 6.38. The third-order valence-electron chi connectivity index (χ3n) is 3.37. The number of aromatic amines is 1. The average molecular weight is 244 g/mol. The molecule has 96 valence electrons. The van der Waals surface area contributed by atoms with Crippen molar-refractivity contribution < 1.29 is 4.79 Å². The van der Waals surface area contributed by atoms with Gasteiger partial charge in [-0.3, -0.25) is 4.79 Å². The van der Waals surface area contributed by atoms with Crippen LogP contribution in [-0.4, -0.2) is 17.4 Å². The Balaban J connectivity index is 2.26. The zero-order valence-electron chi connectivity index (χ0n) is 11.2. The molecule has 0 saturated carbocycles. The monoisotopic (exact) mass is 244 g/mol. The number of carbonyl (C=O) groups is 1. The quantitative estimate of drug-likeness (QED) is 0.853. The lowest BCUT2D eigenvalue weighted by Crippen LogP contribution is -2.36. The van der Waals surface area contributed by atoms with Gasteiger partial charge in [-0.1, -0.05) is 39.0 Å². The number of amides is 1. The molecule has 0 radical (unpaired) electrons. The Kier molecular flexibility index (Phi) is 3.41. The van der Waals surface area contributed by atoms with E-state index in [1.165, 1.54) is 10.9 Å². The molecule has 2 rings (SSSR count). The van der Waals surface area contributed by atoms with Crippen LogP contribution >= 0.6 is 0 Å². The molecule has 1 aromatic carbocycles. The van der Waals surface area contributed by atoms with Gasteiger partial charge in [-0.05, 0) is 11.6 Å². The first-order valence-corrected chi connectivity index (χ1v) is 6.38. The normalized spacial score (nSPS) is 11.7. The molecule has 0 aliphatic carbocycles. The molecule has 0 saturated heterocycles. The summed E-state index contributed by atoms with van der Waals surface area (Å²) in [4.78, 5) is 14.7. The second-order valence-corrected chi connectivity index (χ2v) is 5.26. The van der Waals surface area contributed by atoms with E-state index in [4.69, 9.17) is 0 Å². The Morgan fingerprint density at radius 3 is 2.78 bits per heavy atom. The predicted octanol–water partition coefficient (Wildman–Crippen LogP) is 2.97. The van der Waals surface area contributed by atoms with Crippen LogP contribution < -0.4 is 5.32 Å². The molecule has 2 aromatic rings. The van der Waals surface area contributed by atoms with E-state index in [1.54, 1.807) is 0 Å².